The fourth-order valence-corrected chi connectivity index (χ4v) is 5.11. The molecule has 1 amide bonds. The van der Waals surface area contributed by atoms with E-state index >= 15 is 0 Å². The van der Waals surface area contributed by atoms with Crippen molar-refractivity contribution < 1.29 is 9.18 Å². The summed E-state index contributed by atoms with van der Waals surface area (Å²) in [6, 6.07) is 4.50. The van der Waals surface area contributed by atoms with Gasteiger partial charge in [0.15, 0.2) is 5.17 Å². The van der Waals surface area contributed by atoms with Gasteiger partial charge in [-0.25, -0.2) is 9.37 Å². The minimum absolute atomic E-state index is 0.315. The molecule has 4 rings (SSSR count). The SMILES string of the molecule is Cc1nc(-c2cnccn2)sc1C(=O)Nc1ccc(F)c(C2(C)CCSC(N)=N2)c1. The van der Waals surface area contributed by atoms with Gasteiger partial charge in [0.1, 0.15) is 21.4 Å². The number of nitrogens with one attached hydrogen (secondary N) is 1. The highest BCUT2D eigenvalue weighted by Crippen LogP contribution is 2.37. The molecule has 154 valence electrons. The van der Waals surface area contributed by atoms with E-state index < -0.39 is 5.54 Å². The number of aryl methyl sites for hydroxylation is 1. The number of aliphatic imine (C=N–C) groups is 1. The van der Waals surface area contributed by atoms with Crippen molar-refractivity contribution in [3.63, 3.8) is 0 Å². The van der Waals surface area contributed by atoms with Gasteiger partial charge in [-0.15, -0.1) is 11.3 Å². The third-order valence-corrected chi connectivity index (χ3v) is 6.76. The number of hydrogen-bond acceptors (Lipinski definition) is 8. The average Bonchev–Trinajstić information content (AvgIpc) is 3.12. The summed E-state index contributed by atoms with van der Waals surface area (Å²) in [4.78, 5) is 30.5. The molecule has 0 saturated carbocycles. The lowest BCUT2D eigenvalue weighted by Gasteiger charge is -2.30. The van der Waals surface area contributed by atoms with Gasteiger partial charge in [0.05, 0.1) is 17.4 Å². The zero-order chi connectivity index (χ0) is 21.3. The predicted octanol–water partition coefficient (Wildman–Crippen LogP) is 3.97. The fourth-order valence-electron chi connectivity index (χ4n) is 3.21. The van der Waals surface area contributed by atoms with Crippen LogP contribution in [0.15, 0.2) is 41.8 Å². The number of hydrogen-bond donors (Lipinski definition) is 2. The Morgan fingerprint density at radius 2 is 2.17 bits per heavy atom. The summed E-state index contributed by atoms with van der Waals surface area (Å²) in [5, 5.41) is 3.90. The molecule has 1 atom stereocenters. The van der Waals surface area contributed by atoms with Crippen LogP contribution in [0.2, 0.25) is 0 Å². The number of benzene rings is 1. The molecule has 3 aromatic rings. The van der Waals surface area contributed by atoms with E-state index in [1.165, 1.54) is 35.2 Å². The number of amides is 1. The molecule has 3 heterocycles. The highest BCUT2D eigenvalue weighted by atomic mass is 32.2. The standard InChI is InChI=1S/C20H19FN6OS2/c1-11-16(30-18(25-11)15-10-23-6-7-24-15)17(28)26-12-3-4-14(21)13(9-12)20(2)5-8-29-19(22)27-20/h3-4,6-7,9-10H,5,8H2,1-2H3,(H2,22,27)(H,26,28). The molecule has 0 bridgehead atoms. The van der Waals surface area contributed by atoms with Crippen molar-refractivity contribution >= 4 is 39.9 Å². The quantitative estimate of drug-likeness (QED) is 0.633. The molecule has 7 nitrogen and oxygen atoms in total. The van der Waals surface area contributed by atoms with Crippen LogP contribution in [0.25, 0.3) is 10.7 Å². The molecule has 0 aliphatic carbocycles. The normalized spacial score (nSPS) is 18.7. The van der Waals surface area contributed by atoms with Crippen LogP contribution in [0, 0.1) is 12.7 Å². The van der Waals surface area contributed by atoms with Crippen molar-refractivity contribution in [1.82, 2.24) is 15.0 Å². The van der Waals surface area contributed by atoms with Crippen LogP contribution in [0.5, 0.6) is 0 Å². The summed E-state index contributed by atoms with van der Waals surface area (Å²) in [5.41, 5.74) is 7.19. The van der Waals surface area contributed by atoms with E-state index in [0.717, 1.165) is 5.75 Å². The summed E-state index contributed by atoms with van der Waals surface area (Å²) in [5.74, 6) is 0.0653. The van der Waals surface area contributed by atoms with Gasteiger partial charge >= 0.3 is 0 Å². The van der Waals surface area contributed by atoms with E-state index in [2.05, 4.69) is 25.3 Å². The molecular weight excluding hydrogens is 423 g/mol. The fraction of sp³-hybridized carbons (Fsp3) is 0.250. The Morgan fingerprint density at radius 1 is 1.33 bits per heavy atom. The predicted molar refractivity (Wildman–Crippen MR) is 118 cm³/mol. The lowest BCUT2D eigenvalue weighted by Crippen LogP contribution is -2.29. The summed E-state index contributed by atoms with van der Waals surface area (Å²) < 4.78 is 14.6. The topological polar surface area (TPSA) is 106 Å². The monoisotopic (exact) mass is 442 g/mol. The van der Waals surface area contributed by atoms with Gasteiger partial charge < -0.3 is 11.1 Å². The Balaban J connectivity index is 1.60. The first-order valence-corrected chi connectivity index (χ1v) is 11.0. The van der Waals surface area contributed by atoms with Crippen LogP contribution in [0.4, 0.5) is 10.1 Å². The summed E-state index contributed by atoms with van der Waals surface area (Å²) >= 11 is 2.69. The highest BCUT2D eigenvalue weighted by molar-refractivity contribution is 8.13. The van der Waals surface area contributed by atoms with Crippen molar-refractivity contribution in [2.24, 2.45) is 10.7 Å². The first-order chi connectivity index (χ1) is 14.4. The number of carbonyl (C=O) groups is 1. The second-order valence-electron chi connectivity index (χ2n) is 7.00. The number of rotatable bonds is 4. The molecule has 0 fully saturated rings. The molecule has 0 spiro atoms. The van der Waals surface area contributed by atoms with E-state index in [-0.39, 0.29) is 11.7 Å². The van der Waals surface area contributed by atoms with E-state index in [0.29, 0.717) is 44.1 Å². The number of halogens is 1. The number of amidine groups is 1. The zero-order valence-electron chi connectivity index (χ0n) is 16.3. The van der Waals surface area contributed by atoms with Gasteiger partial charge in [0.25, 0.3) is 5.91 Å². The van der Waals surface area contributed by atoms with E-state index in [9.17, 15) is 9.18 Å². The minimum atomic E-state index is -0.764. The van der Waals surface area contributed by atoms with Crippen LogP contribution in [-0.4, -0.2) is 31.8 Å². The number of nitrogens with two attached hydrogens (primary N) is 1. The number of nitrogens with zero attached hydrogens (tertiary/aromatic N) is 4. The molecule has 2 aromatic heterocycles. The maximum atomic E-state index is 14.6. The second-order valence-corrected chi connectivity index (χ2v) is 9.11. The highest BCUT2D eigenvalue weighted by Gasteiger charge is 2.32. The van der Waals surface area contributed by atoms with Crippen molar-refractivity contribution in [2.75, 3.05) is 11.1 Å². The molecule has 30 heavy (non-hydrogen) atoms. The number of carbonyl (C=O) groups excluding carboxylic acids is 1. The zero-order valence-corrected chi connectivity index (χ0v) is 18.0. The average molecular weight is 443 g/mol. The third-order valence-electron chi connectivity index (χ3n) is 4.79. The van der Waals surface area contributed by atoms with Gasteiger partial charge in [-0.1, -0.05) is 11.8 Å². The maximum Gasteiger partial charge on any atom is 0.267 e. The van der Waals surface area contributed by atoms with Gasteiger partial charge in [-0.2, -0.15) is 0 Å². The van der Waals surface area contributed by atoms with Gasteiger partial charge in [-0.05, 0) is 38.5 Å². The molecule has 1 unspecified atom stereocenters. The summed E-state index contributed by atoms with van der Waals surface area (Å²) in [6.07, 6.45) is 5.40. The molecule has 0 saturated heterocycles. The molecule has 0 radical (unpaired) electrons. The largest absolute Gasteiger partial charge is 0.379 e. The minimum Gasteiger partial charge on any atom is -0.379 e. The molecule has 1 aromatic carbocycles. The lowest BCUT2D eigenvalue weighted by molar-refractivity contribution is 0.102. The molecule has 3 N–H and O–H groups in total. The van der Waals surface area contributed by atoms with Gasteiger partial charge in [0.2, 0.25) is 0 Å². The van der Waals surface area contributed by atoms with Gasteiger partial charge in [0, 0.05) is 29.4 Å². The van der Waals surface area contributed by atoms with Crippen molar-refractivity contribution in [2.45, 2.75) is 25.8 Å². The van der Waals surface area contributed by atoms with Crippen LogP contribution in [0.3, 0.4) is 0 Å². The number of anilines is 1. The molecular formula is C20H19FN6OS2. The number of thioether (sulfide) groups is 1. The first-order valence-electron chi connectivity index (χ1n) is 9.19. The Kier molecular flexibility index (Phi) is 5.52. The van der Waals surface area contributed by atoms with Crippen LogP contribution in [-0.2, 0) is 5.54 Å². The van der Waals surface area contributed by atoms with Crippen molar-refractivity contribution in [3.05, 3.63) is 58.7 Å². The summed E-state index contributed by atoms with van der Waals surface area (Å²) in [7, 11) is 0. The smallest absolute Gasteiger partial charge is 0.267 e. The molecule has 10 heteroatoms. The lowest BCUT2D eigenvalue weighted by atomic mass is 9.89. The third kappa shape index (κ3) is 4.05. The van der Waals surface area contributed by atoms with E-state index in [1.54, 1.807) is 31.6 Å². The first kappa shape index (κ1) is 20.4. The van der Waals surface area contributed by atoms with Crippen LogP contribution >= 0.6 is 23.1 Å². The van der Waals surface area contributed by atoms with E-state index in [4.69, 9.17) is 5.73 Å². The van der Waals surface area contributed by atoms with Crippen molar-refractivity contribution in [1.29, 1.82) is 0 Å². The van der Waals surface area contributed by atoms with Crippen LogP contribution in [0.1, 0.15) is 34.3 Å². The number of aromatic nitrogens is 3. The Morgan fingerprint density at radius 3 is 2.90 bits per heavy atom. The van der Waals surface area contributed by atoms with Gasteiger partial charge in [-0.3, -0.25) is 19.8 Å². The van der Waals surface area contributed by atoms with Crippen LogP contribution < -0.4 is 11.1 Å². The Labute approximate surface area is 181 Å². The molecule has 1 aliphatic rings. The van der Waals surface area contributed by atoms with Crippen molar-refractivity contribution in [3.8, 4) is 10.7 Å². The van der Waals surface area contributed by atoms with E-state index in [1.807, 2.05) is 6.92 Å². The molecule has 1 aliphatic heterocycles. The Bertz CT molecular complexity index is 1130. The Hall–Kier alpha value is -2.85. The second kappa shape index (κ2) is 8.11. The number of thiazole rings is 1. The maximum absolute atomic E-state index is 14.6. The summed E-state index contributed by atoms with van der Waals surface area (Å²) in [6.45, 7) is 3.61.